The summed E-state index contributed by atoms with van der Waals surface area (Å²) in [5, 5.41) is 4.47. The van der Waals surface area contributed by atoms with E-state index in [1.807, 2.05) is 18.2 Å². The first-order valence-corrected chi connectivity index (χ1v) is 5.62. The van der Waals surface area contributed by atoms with E-state index in [0.717, 1.165) is 15.1 Å². The van der Waals surface area contributed by atoms with E-state index in [9.17, 15) is 0 Å². The highest BCUT2D eigenvalue weighted by atomic mass is 79.9. The van der Waals surface area contributed by atoms with Crippen LogP contribution in [-0.2, 0) is 6.54 Å². The maximum absolute atomic E-state index is 6.02. The number of rotatable bonds is 4. The van der Waals surface area contributed by atoms with Crippen LogP contribution in [0.3, 0.4) is 0 Å². The molecule has 4 heteroatoms. The summed E-state index contributed by atoms with van der Waals surface area (Å²) in [7, 11) is 0. The molecule has 0 radical (unpaired) electrons. The van der Waals surface area contributed by atoms with E-state index >= 15 is 0 Å². The van der Waals surface area contributed by atoms with Crippen LogP contribution in [0.5, 0.6) is 0 Å². The molecule has 0 atom stereocenters. The van der Waals surface area contributed by atoms with Gasteiger partial charge in [0.1, 0.15) is 0 Å². The Bertz CT molecular complexity index is 339. The molecule has 0 aliphatic rings. The molecule has 0 unspecified atom stereocenters. The molecule has 0 amide bonds. The minimum Gasteiger partial charge on any atom is -0.308 e. The Balaban J connectivity index is 2.55. The first-order chi connectivity index (χ1) is 6.59. The van der Waals surface area contributed by atoms with Gasteiger partial charge in [0, 0.05) is 27.6 Å². The second-order valence-electron chi connectivity index (χ2n) is 2.86. The average molecular weight is 295 g/mol. The Labute approximate surface area is 102 Å². The van der Waals surface area contributed by atoms with Crippen LogP contribution in [0.2, 0.25) is 5.02 Å². The predicted octanol–water partition coefficient (Wildman–Crippen LogP) is 3.94. The summed E-state index contributed by atoms with van der Waals surface area (Å²) in [5.41, 5.74) is 1.05. The molecule has 0 spiro atoms. The maximum atomic E-state index is 6.02. The molecule has 1 nitrogen and oxygen atoms in total. The molecule has 1 aromatic carbocycles. The zero-order chi connectivity index (χ0) is 10.6. The van der Waals surface area contributed by atoms with Gasteiger partial charge in [-0.25, -0.2) is 0 Å². The third-order valence-corrected chi connectivity index (χ3v) is 2.63. The van der Waals surface area contributed by atoms with Crippen LogP contribution >= 0.6 is 39.1 Å². The summed E-state index contributed by atoms with van der Waals surface area (Å²) in [6.45, 7) is 4.87. The number of benzene rings is 1. The molecular formula is C10H10BrCl2N. The molecule has 1 N–H and O–H groups in total. The molecule has 1 rings (SSSR count). The van der Waals surface area contributed by atoms with Crippen LogP contribution < -0.4 is 5.32 Å². The van der Waals surface area contributed by atoms with Crippen molar-refractivity contribution in [1.82, 2.24) is 5.32 Å². The van der Waals surface area contributed by atoms with Crippen LogP contribution in [0.1, 0.15) is 5.56 Å². The Hall–Kier alpha value is -0.0200. The molecule has 0 saturated carbocycles. The lowest BCUT2D eigenvalue weighted by molar-refractivity contribution is 0.755. The van der Waals surface area contributed by atoms with Gasteiger partial charge in [-0.05, 0) is 17.7 Å². The molecular weight excluding hydrogens is 285 g/mol. The smallest absolute Gasteiger partial charge is 0.0462 e. The van der Waals surface area contributed by atoms with E-state index < -0.39 is 0 Å². The topological polar surface area (TPSA) is 12.0 Å². The van der Waals surface area contributed by atoms with Crippen LogP contribution in [0.15, 0.2) is 34.3 Å². The van der Waals surface area contributed by atoms with E-state index in [-0.39, 0.29) is 0 Å². The summed E-state index contributed by atoms with van der Waals surface area (Å²) in [6, 6.07) is 5.79. The van der Waals surface area contributed by atoms with Gasteiger partial charge in [-0.2, -0.15) is 0 Å². The highest BCUT2D eigenvalue weighted by molar-refractivity contribution is 9.10. The molecule has 0 fully saturated rings. The van der Waals surface area contributed by atoms with E-state index in [1.165, 1.54) is 0 Å². The first-order valence-electron chi connectivity index (χ1n) is 4.07. The van der Waals surface area contributed by atoms with Crippen LogP contribution in [0, 0.1) is 0 Å². The minimum atomic E-state index is 0.591. The fourth-order valence-electron chi connectivity index (χ4n) is 0.998. The van der Waals surface area contributed by atoms with Gasteiger partial charge >= 0.3 is 0 Å². The van der Waals surface area contributed by atoms with E-state index in [2.05, 4.69) is 27.8 Å². The third-order valence-electron chi connectivity index (χ3n) is 1.65. The largest absolute Gasteiger partial charge is 0.308 e. The normalized spacial score (nSPS) is 10.2. The van der Waals surface area contributed by atoms with Crippen LogP contribution in [0.25, 0.3) is 0 Å². The van der Waals surface area contributed by atoms with Gasteiger partial charge in [0.15, 0.2) is 0 Å². The molecule has 0 aliphatic heterocycles. The van der Waals surface area contributed by atoms with Gasteiger partial charge in [0.25, 0.3) is 0 Å². The van der Waals surface area contributed by atoms with Crippen molar-refractivity contribution in [3.63, 3.8) is 0 Å². The summed E-state index contributed by atoms with van der Waals surface area (Å²) in [4.78, 5) is 0. The van der Waals surface area contributed by atoms with E-state index in [1.54, 1.807) is 0 Å². The lowest BCUT2D eigenvalue weighted by Gasteiger charge is -2.05. The van der Waals surface area contributed by atoms with Gasteiger partial charge in [-0.3, -0.25) is 0 Å². The zero-order valence-electron chi connectivity index (χ0n) is 7.49. The summed E-state index contributed by atoms with van der Waals surface area (Å²) >= 11 is 15.0. The summed E-state index contributed by atoms with van der Waals surface area (Å²) in [5.74, 6) is 0. The molecule has 0 aliphatic carbocycles. The maximum Gasteiger partial charge on any atom is 0.0462 e. The predicted molar refractivity (Wildman–Crippen MR) is 65.9 cm³/mol. The molecule has 76 valence electrons. The minimum absolute atomic E-state index is 0.591. The van der Waals surface area contributed by atoms with Crippen molar-refractivity contribution in [2.24, 2.45) is 0 Å². The fraction of sp³-hybridized carbons (Fsp3) is 0.200. The number of nitrogens with one attached hydrogen (secondary N) is 1. The van der Waals surface area contributed by atoms with E-state index in [0.29, 0.717) is 18.1 Å². The lowest BCUT2D eigenvalue weighted by Crippen LogP contribution is -2.14. The number of halogens is 3. The fourth-order valence-corrected chi connectivity index (χ4v) is 1.83. The number of hydrogen-bond acceptors (Lipinski definition) is 1. The van der Waals surface area contributed by atoms with Gasteiger partial charge in [-0.15, -0.1) is 0 Å². The molecule has 0 saturated heterocycles. The van der Waals surface area contributed by atoms with Gasteiger partial charge in [0.05, 0.1) is 0 Å². The van der Waals surface area contributed by atoms with Crippen molar-refractivity contribution in [3.8, 4) is 0 Å². The van der Waals surface area contributed by atoms with Crippen molar-refractivity contribution >= 4 is 39.1 Å². The Morgan fingerprint density at radius 2 is 2.21 bits per heavy atom. The van der Waals surface area contributed by atoms with Crippen LogP contribution in [0.4, 0.5) is 0 Å². The van der Waals surface area contributed by atoms with Crippen molar-refractivity contribution in [1.29, 1.82) is 0 Å². The van der Waals surface area contributed by atoms with E-state index in [4.69, 9.17) is 23.2 Å². The highest BCUT2D eigenvalue weighted by Gasteiger charge is 2.00. The van der Waals surface area contributed by atoms with Gasteiger partial charge < -0.3 is 5.32 Å². The summed E-state index contributed by atoms with van der Waals surface area (Å²) in [6.07, 6.45) is 0. The second-order valence-corrected chi connectivity index (χ2v) is 4.71. The Morgan fingerprint density at radius 3 is 2.79 bits per heavy atom. The second kappa shape index (κ2) is 5.76. The van der Waals surface area contributed by atoms with Crippen molar-refractivity contribution < 1.29 is 0 Å². The number of hydrogen-bond donors (Lipinski definition) is 1. The van der Waals surface area contributed by atoms with Gasteiger partial charge in [-0.1, -0.05) is 51.8 Å². The molecule has 0 bridgehead atoms. The van der Waals surface area contributed by atoms with Gasteiger partial charge in [0.2, 0.25) is 0 Å². The molecule has 1 aromatic rings. The van der Waals surface area contributed by atoms with Crippen molar-refractivity contribution in [2.45, 2.75) is 6.54 Å². The Kier molecular flexibility index (Phi) is 4.96. The quantitative estimate of drug-likeness (QED) is 0.887. The van der Waals surface area contributed by atoms with Crippen molar-refractivity contribution in [3.05, 3.63) is 44.9 Å². The lowest BCUT2D eigenvalue weighted by atomic mass is 10.2. The molecule has 14 heavy (non-hydrogen) atoms. The third kappa shape index (κ3) is 4.01. The highest BCUT2D eigenvalue weighted by Crippen LogP contribution is 2.21. The standard InChI is InChI=1S/C10H10BrCl2N/c1-7(12)5-14-6-8-2-3-9(11)4-10(8)13/h2-4,14H,1,5-6H2. The molecule has 0 heterocycles. The first kappa shape index (κ1) is 12.1. The summed E-state index contributed by atoms with van der Waals surface area (Å²) < 4.78 is 0.980. The average Bonchev–Trinajstić information content (AvgIpc) is 2.08. The zero-order valence-corrected chi connectivity index (χ0v) is 10.6. The van der Waals surface area contributed by atoms with Crippen molar-refractivity contribution in [2.75, 3.05) is 6.54 Å². The van der Waals surface area contributed by atoms with Crippen LogP contribution in [-0.4, -0.2) is 6.54 Å². The SMILES string of the molecule is C=C(Cl)CNCc1ccc(Br)cc1Cl. The monoisotopic (exact) mass is 293 g/mol. The molecule has 0 aromatic heterocycles. The Morgan fingerprint density at radius 1 is 1.50 bits per heavy atom.